The molecule has 3 amide bonds. The zero-order valence-electron chi connectivity index (χ0n) is 14.6. The van der Waals surface area contributed by atoms with Crippen LogP contribution in [0, 0.1) is 5.92 Å². The minimum absolute atomic E-state index is 0.0676. The van der Waals surface area contributed by atoms with Crippen LogP contribution in [0.5, 0.6) is 0 Å². The number of anilines is 1. The Labute approximate surface area is 156 Å². The molecule has 1 heterocycles. The largest absolute Gasteiger partial charge is 0.326 e. The third-order valence-corrected chi connectivity index (χ3v) is 4.10. The van der Waals surface area contributed by atoms with E-state index >= 15 is 0 Å². The average molecular weight is 371 g/mol. The highest BCUT2D eigenvalue weighted by Crippen LogP contribution is 2.11. The van der Waals surface area contributed by atoms with Gasteiger partial charge in [0.15, 0.2) is 0 Å². The van der Waals surface area contributed by atoms with Crippen molar-refractivity contribution in [3.63, 3.8) is 0 Å². The van der Waals surface area contributed by atoms with E-state index in [2.05, 4.69) is 16.2 Å². The highest BCUT2D eigenvalue weighted by atomic mass is 32.1. The van der Waals surface area contributed by atoms with Gasteiger partial charge in [0.2, 0.25) is 5.91 Å². The summed E-state index contributed by atoms with van der Waals surface area (Å²) in [7, 11) is 0. The van der Waals surface area contributed by atoms with Gasteiger partial charge in [0, 0.05) is 28.6 Å². The standard InChI is InChI=1S/C19H21N3O3S/c1-13(2)12-18(24)20-15-7-5-14(6-8-15)19(25)22-21-17(23)10-9-16-4-3-11-26-16/h3-11,13H,12H2,1-2H3,(H,20,24)(H,21,23)(H,22,25)/b10-9+. The van der Waals surface area contributed by atoms with E-state index in [4.69, 9.17) is 0 Å². The number of hydrogen-bond donors (Lipinski definition) is 3. The molecule has 0 bridgehead atoms. The molecule has 0 spiro atoms. The molecule has 136 valence electrons. The molecule has 0 aliphatic rings. The van der Waals surface area contributed by atoms with Crippen LogP contribution in [0.1, 0.15) is 35.5 Å². The Morgan fingerprint density at radius 3 is 2.42 bits per heavy atom. The maximum absolute atomic E-state index is 12.0. The summed E-state index contributed by atoms with van der Waals surface area (Å²) >= 11 is 1.51. The van der Waals surface area contributed by atoms with Crippen molar-refractivity contribution in [2.75, 3.05) is 5.32 Å². The quantitative estimate of drug-likeness (QED) is 0.538. The molecule has 2 aromatic rings. The fourth-order valence-corrected chi connectivity index (χ4v) is 2.68. The number of carbonyl (C=O) groups excluding carboxylic acids is 3. The first-order chi connectivity index (χ1) is 12.4. The molecule has 0 saturated carbocycles. The molecule has 0 radical (unpaired) electrons. The van der Waals surface area contributed by atoms with Gasteiger partial charge in [0.1, 0.15) is 0 Å². The molecule has 26 heavy (non-hydrogen) atoms. The molecule has 0 atom stereocenters. The predicted octanol–water partition coefficient (Wildman–Crippen LogP) is 3.21. The average Bonchev–Trinajstić information content (AvgIpc) is 3.11. The first kappa shape index (κ1) is 19.4. The van der Waals surface area contributed by atoms with Gasteiger partial charge in [-0.2, -0.15) is 0 Å². The molecular formula is C19H21N3O3S. The van der Waals surface area contributed by atoms with Gasteiger partial charge in [0.05, 0.1) is 0 Å². The van der Waals surface area contributed by atoms with E-state index in [9.17, 15) is 14.4 Å². The number of amides is 3. The molecule has 1 aromatic heterocycles. The molecule has 2 rings (SSSR count). The van der Waals surface area contributed by atoms with Crippen LogP contribution in [-0.4, -0.2) is 17.7 Å². The van der Waals surface area contributed by atoms with Crippen LogP contribution >= 0.6 is 11.3 Å². The van der Waals surface area contributed by atoms with E-state index in [1.807, 2.05) is 31.4 Å². The normalized spacial score (nSPS) is 10.7. The Balaban J connectivity index is 1.82. The number of benzene rings is 1. The van der Waals surface area contributed by atoms with Crippen molar-refractivity contribution in [1.82, 2.24) is 10.9 Å². The fraction of sp³-hybridized carbons (Fsp3) is 0.211. The van der Waals surface area contributed by atoms with Crippen LogP contribution in [0.3, 0.4) is 0 Å². The number of rotatable bonds is 6. The second-order valence-corrected chi connectivity index (χ2v) is 6.99. The molecule has 7 heteroatoms. The lowest BCUT2D eigenvalue weighted by atomic mass is 10.1. The van der Waals surface area contributed by atoms with Crippen LogP contribution in [0.4, 0.5) is 5.69 Å². The van der Waals surface area contributed by atoms with Gasteiger partial charge >= 0.3 is 0 Å². The Morgan fingerprint density at radius 1 is 1.08 bits per heavy atom. The number of nitrogens with one attached hydrogen (secondary N) is 3. The monoisotopic (exact) mass is 371 g/mol. The number of hydrogen-bond acceptors (Lipinski definition) is 4. The third kappa shape index (κ3) is 6.52. The van der Waals surface area contributed by atoms with Gasteiger partial charge < -0.3 is 5.32 Å². The lowest BCUT2D eigenvalue weighted by Crippen LogP contribution is -2.40. The second-order valence-electron chi connectivity index (χ2n) is 6.02. The van der Waals surface area contributed by atoms with Crippen molar-refractivity contribution in [2.45, 2.75) is 20.3 Å². The van der Waals surface area contributed by atoms with Crippen molar-refractivity contribution < 1.29 is 14.4 Å². The Bertz CT molecular complexity index is 781. The van der Waals surface area contributed by atoms with Gasteiger partial charge in [-0.15, -0.1) is 11.3 Å². The molecule has 0 saturated heterocycles. The maximum atomic E-state index is 12.0. The molecule has 3 N–H and O–H groups in total. The van der Waals surface area contributed by atoms with Gasteiger partial charge in [-0.25, -0.2) is 0 Å². The summed E-state index contributed by atoms with van der Waals surface area (Å²) in [5, 5.41) is 4.68. The minimum atomic E-state index is -0.442. The Kier molecular flexibility index (Phi) is 7.11. The van der Waals surface area contributed by atoms with Crippen molar-refractivity contribution >= 4 is 40.8 Å². The zero-order valence-corrected chi connectivity index (χ0v) is 15.4. The maximum Gasteiger partial charge on any atom is 0.269 e. The van der Waals surface area contributed by atoms with Crippen LogP contribution in [0.25, 0.3) is 6.08 Å². The summed E-state index contributed by atoms with van der Waals surface area (Å²) in [6, 6.07) is 10.2. The Morgan fingerprint density at radius 2 is 1.81 bits per heavy atom. The van der Waals surface area contributed by atoms with Crippen molar-refractivity contribution in [3.8, 4) is 0 Å². The topological polar surface area (TPSA) is 87.3 Å². The van der Waals surface area contributed by atoms with Crippen LogP contribution < -0.4 is 16.2 Å². The minimum Gasteiger partial charge on any atom is -0.326 e. The van der Waals surface area contributed by atoms with E-state index in [1.165, 1.54) is 17.4 Å². The lowest BCUT2D eigenvalue weighted by Gasteiger charge is -2.08. The highest BCUT2D eigenvalue weighted by Gasteiger charge is 2.08. The molecule has 0 fully saturated rings. The van der Waals surface area contributed by atoms with Crippen molar-refractivity contribution in [2.24, 2.45) is 5.92 Å². The highest BCUT2D eigenvalue weighted by molar-refractivity contribution is 7.10. The molecular weight excluding hydrogens is 350 g/mol. The van der Waals surface area contributed by atoms with Gasteiger partial charge in [-0.05, 0) is 47.7 Å². The lowest BCUT2D eigenvalue weighted by molar-refractivity contribution is -0.117. The van der Waals surface area contributed by atoms with Crippen molar-refractivity contribution in [3.05, 3.63) is 58.3 Å². The summed E-state index contributed by atoms with van der Waals surface area (Å²) in [5.41, 5.74) is 5.65. The van der Waals surface area contributed by atoms with Crippen LogP contribution in [0.15, 0.2) is 47.9 Å². The second kappa shape index (κ2) is 9.53. The zero-order chi connectivity index (χ0) is 18.9. The molecule has 0 aliphatic carbocycles. The molecule has 1 aromatic carbocycles. The smallest absolute Gasteiger partial charge is 0.269 e. The van der Waals surface area contributed by atoms with Gasteiger partial charge in [-0.1, -0.05) is 19.9 Å². The summed E-state index contributed by atoms with van der Waals surface area (Å²) in [5.74, 6) is -0.660. The molecule has 0 aliphatic heterocycles. The first-order valence-electron chi connectivity index (χ1n) is 8.16. The molecule has 6 nitrogen and oxygen atoms in total. The SMILES string of the molecule is CC(C)CC(=O)Nc1ccc(C(=O)NNC(=O)/C=C/c2cccs2)cc1. The van der Waals surface area contributed by atoms with Crippen LogP contribution in [-0.2, 0) is 9.59 Å². The van der Waals surface area contributed by atoms with Crippen LogP contribution in [0.2, 0.25) is 0 Å². The van der Waals surface area contributed by atoms with E-state index in [0.29, 0.717) is 17.7 Å². The van der Waals surface area contributed by atoms with Crippen molar-refractivity contribution in [1.29, 1.82) is 0 Å². The fourth-order valence-electron chi connectivity index (χ4n) is 2.06. The predicted molar refractivity (Wildman–Crippen MR) is 103 cm³/mol. The number of thiophene rings is 1. The summed E-state index contributed by atoms with van der Waals surface area (Å²) in [6.45, 7) is 3.94. The van der Waals surface area contributed by atoms with E-state index in [0.717, 1.165) is 4.88 Å². The Hall–Kier alpha value is -2.93. The summed E-state index contributed by atoms with van der Waals surface area (Å²) in [6.07, 6.45) is 3.45. The first-order valence-corrected chi connectivity index (χ1v) is 9.04. The van der Waals surface area contributed by atoms with E-state index in [-0.39, 0.29) is 11.8 Å². The summed E-state index contributed by atoms with van der Waals surface area (Å²) < 4.78 is 0. The number of carbonyl (C=O) groups is 3. The third-order valence-electron chi connectivity index (χ3n) is 3.27. The van der Waals surface area contributed by atoms with E-state index < -0.39 is 11.8 Å². The summed E-state index contributed by atoms with van der Waals surface area (Å²) in [4.78, 5) is 36.4. The van der Waals surface area contributed by atoms with E-state index in [1.54, 1.807) is 30.3 Å². The number of hydrazine groups is 1. The van der Waals surface area contributed by atoms with Gasteiger partial charge in [-0.3, -0.25) is 25.2 Å². The van der Waals surface area contributed by atoms with Gasteiger partial charge in [0.25, 0.3) is 11.8 Å². The molecule has 0 unspecified atom stereocenters.